The van der Waals surface area contributed by atoms with Gasteiger partial charge in [-0.25, -0.2) is 0 Å². The Morgan fingerprint density at radius 2 is 1.71 bits per heavy atom. The lowest BCUT2D eigenvalue weighted by Gasteiger charge is -2.34. The number of para-hydroxylation sites is 1. The van der Waals surface area contributed by atoms with Gasteiger partial charge in [-0.2, -0.15) is 5.10 Å². The maximum atomic E-state index is 12.7. The number of rotatable bonds is 6. The minimum Gasteiger partial charge on any atom is -0.382 e. The van der Waals surface area contributed by atoms with Gasteiger partial charge >= 0.3 is 0 Å². The monoisotopic (exact) mass is 459 g/mol. The van der Waals surface area contributed by atoms with Crippen molar-refractivity contribution in [1.29, 1.82) is 0 Å². The molecule has 3 N–H and O–H groups in total. The Hall–Kier alpha value is -3.61. The summed E-state index contributed by atoms with van der Waals surface area (Å²) in [4.78, 5) is 27.0. The molecule has 34 heavy (non-hydrogen) atoms. The van der Waals surface area contributed by atoms with Gasteiger partial charge in [0.2, 0.25) is 5.91 Å². The number of nitrogens with one attached hydrogen (secondary N) is 3. The number of piperidine rings is 1. The fourth-order valence-corrected chi connectivity index (χ4v) is 4.31. The number of H-pyrrole nitrogens is 1. The molecule has 1 fully saturated rings. The average molecular weight is 460 g/mol. The molecule has 1 aliphatic heterocycles. The van der Waals surface area contributed by atoms with E-state index < -0.39 is 0 Å². The van der Waals surface area contributed by atoms with Gasteiger partial charge in [-0.05, 0) is 36.0 Å². The van der Waals surface area contributed by atoms with E-state index in [1.807, 2.05) is 35.2 Å². The molecule has 0 radical (unpaired) electrons. The van der Waals surface area contributed by atoms with Gasteiger partial charge in [0.15, 0.2) is 0 Å². The minimum absolute atomic E-state index is 0.0243. The zero-order valence-electron chi connectivity index (χ0n) is 20.1. The fourth-order valence-electron chi connectivity index (χ4n) is 4.31. The molecule has 0 atom stereocenters. The van der Waals surface area contributed by atoms with Crippen molar-refractivity contribution in [2.75, 3.05) is 25.0 Å². The summed E-state index contributed by atoms with van der Waals surface area (Å²) < 4.78 is 0. The third kappa shape index (κ3) is 5.65. The number of likely N-dealkylation sites (tertiary alicyclic amines) is 1. The van der Waals surface area contributed by atoms with Crippen molar-refractivity contribution in [3.8, 4) is 11.3 Å². The molecule has 3 aromatic rings. The second kappa shape index (κ2) is 10.1. The van der Waals surface area contributed by atoms with Crippen LogP contribution in [0.15, 0.2) is 60.7 Å². The molecule has 2 amide bonds. The van der Waals surface area contributed by atoms with E-state index >= 15 is 0 Å². The van der Waals surface area contributed by atoms with Crippen molar-refractivity contribution in [3.05, 3.63) is 71.9 Å². The third-order valence-corrected chi connectivity index (χ3v) is 6.23. The van der Waals surface area contributed by atoms with E-state index in [1.165, 1.54) is 11.3 Å². The highest BCUT2D eigenvalue weighted by molar-refractivity contribution is 5.95. The smallest absolute Gasteiger partial charge is 0.269 e. The summed E-state index contributed by atoms with van der Waals surface area (Å²) in [5.41, 5.74) is 4.49. The van der Waals surface area contributed by atoms with Gasteiger partial charge in [0, 0.05) is 30.4 Å². The number of aromatic amines is 1. The Morgan fingerprint density at radius 1 is 1.03 bits per heavy atom. The van der Waals surface area contributed by atoms with Gasteiger partial charge in [-0.3, -0.25) is 14.7 Å². The van der Waals surface area contributed by atoms with E-state index in [4.69, 9.17) is 0 Å². The largest absolute Gasteiger partial charge is 0.382 e. The highest BCUT2D eigenvalue weighted by atomic mass is 16.2. The summed E-state index contributed by atoms with van der Waals surface area (Å²) in [6.45, 7) is 7.97. The molecule has 2 aromatic carbocycles. The van der Waals surface area contributed by atoms with Crippen LogP contribution in [0.25, 0.3) is 11.3 Å². The van der Waals surface area contributed by atoms with Crippen molar-refractivity contribution in [3.63, 3.8) is 0 Å². The maximum absolute atomic E-state index is 12.7. The summed E-state index contributed by atoms with van der Waals surface area (Å²) in [5, 5.41) is 13.4. The van der Waals surface area contributed by atoms with Gasteiger partial charge in [-0.15, -0.1) is 0 Å². The third-order valence-electron chi connectivity index (χ3n) is 6.23. The molecule has 0 bridgehead atoms. The lowest BCUT2D eigenvalue weighted by molar-refractivity contribution is -0.131. The molecule has 178 valence electrons. The highest BCUT2D eigenvalue weighted by Crippen LogP contribution is 2.30. The van der Waals surface area contributed by atoms with Crippen LogP contribution in [0.4, 0.5) is 5.69 Å². The van der Waals surface area contributed by atoms with Crippen molar-refractivity contribution < 1.29 is 9.59 Å². The fraction of sp³-hybridized carbons (Fsp3) is 0.370. The summed E-state index contributed by atoms with van der Waals surface area (Å²) >= 11 is 0. The predicted molar refractivity (Wildman–Crippen MR) is 135 cm³/mol. The van der Waals surface area contributed by atoms with Gasteiger partial charge in [-0.1, -0.05) is 69.3 Å². The van der Waals surface area contributed by atoms with Crippen LogP contribution in [0, 0.1) is 0 Å². The van der Waals surface area contributed by atoms with Crippen LogP contribution in [-0.2, 0) is 10.2 Å². The second-order valence-electron chi connectivity index (χ2n) is 9.81. The SMILES string of the molecule is CC(C)(C)c1ccccc1NC1CCN(C(=O)CNC(=O)c2cc(-c3ccccc3)n[nH]2)CC1. The Morgan fingerprint density at radius 3 is 2.41 bits per heavy atom. The second-order valence-corrected chi connectivity index (χ2v) is 9.81. The quantitative estimate of drug-likeness (QED) is 0.515. The Balaban J connectivity index is 1.25. The molecule has 7 nitrogen and oxygen atoms in total. The standard InChI is InChI=1S/C27H33N5O2/c1-27(2,3)21-11-7-8-12-22(21)29-20-13-15-32(16-14-20)25(33)18-28-26(34)24-17-23(30-31-24)19-9-5-4-6-10-19/h4-12,17,20,29H,13-16,18H2,1-3H3,(H,28,34)(H,30,31). The van der Waals surface area contributed by atoms with Crippen LogP contribution in [0.3, 0.4) is 0 Å². The molecule has 7 heteroatoms. The molecule has 0 unspecified atom stereocenters. The molecule has 1 saturated heterocycles. The van der Waals surface area contributed by atoms with Crippen LogP contribution < -0.4 is 10.6 Å². The van der Waals surface area contributed by atoms with Crippen LogP contribution in [0.1, 0.15) is 49.7 Å². The van der Waals surface area contributed by atoms with E-state index in [0.717, 1.165) is 18.4 Å². The van der Waals surface area contributed by atoms with E-state index in [-0.39, 0.29) is 23.8 Å². The number of aromatic nitrogens is 2. The van der Waals surface area contributed by atoms with E-state index in [0.29, 0.717) is 30.5 Å². The van der Waals surface area contributed by atoms with Crippen LogP contribution in [-0.4, -0.2) is 52.6 Å². The summed E-state index contributed by atoms with van der Waals surface area (Å²) in [5.74, 6) is -0.400. The molecule has 2 heterocycles. The van der Waals surface area contributed by atoms with E-state index in [9.17, 15) is 9.59 Å². The molecule has 0 spiro atoms. The van der Waals surface area contributed by atoms with E-state index in [1.54, 1.807) is 6.07 Å². The number of amides is 2. The van der Waals surface area contributed by atoms with Gasteiger partial charge in [0.1, 0.15) is 5.69 Å². The number of carbonyl (C=O) groups excluding carboxylic acids is 2. The first-order chi connectivity index (χ1) is 16.3. The van der Waals surface area contributed by atoms with Crippen molar-refractivity contribution in [2.24, 2.45) is 0 Å². The lowest BCUT2D eigenvalue weighted by Crippen LogP contribution is -2.46. The lowest BCUT2D eigenvalue weighted by atomic mass is 9.85. The van der Waals surface area contributed by atoms with Crippen molar-refractivity contribution in [1.82, 2.24) is 20.4 Å². The minimum atomic E-state index is -0.335. The number of carbonyl (C=O) groups is 2. The van der Waals surface area contributed by atoms with E-state index in [2.05, 4.69) is 65.9 Å². The molecular weight excluding hydrogens is 426 g/mol. The summed E-state index contributed by atoms with van der Waals surface area (Å²) in [6, 6.07) is 20.1. The van der Waals surface area contributed by atoms with Crippen molar-refractivity contribution in [2.45, 2.75) is 45.1 Å². The number of nitrogens with zero attached hydrogens (tertiary/aromatic N) is 2. The molecule has 4 rings (SSSR count). The Bertz CT molecular complexity index is 1130. The number of hydrogen-bond acceptors (Lipinski definition) is 4. The molecule has 0 aliphatic carbocycles. The summed E-state index contributed by atoms with van der Waals surface area (Å²) in [7, 11) is 0. The maximum Gasteiger partial charge on any atom is 0.269 e. The number of benzene rings is 2. The number of hydrogen-bond donors (Lipinski definition) is 3. The topological polar surface area (TPSA) is 90.1 Å². The first kappa shape index (κ1) is 23.5. The molecule has 1 aromatic heterocycles. The van der Waals surface area contributed by atoms with Crippen LogP contribution in [0.5, 0.6) is 0 Å². The van der Waals surface area contributed by atoms with Crippen molar-refractivity contribution >= 4 is 17.5 Å². The first-order valence-corrected chi connectivity index (χ1v) is 11.8. The van der Waals surface area contributed by atoms with Crippen LogP contribution >= 0.6 is 0 Å². The zero-order valence-corrected chi connectivity index (χ0v) is 20.1. The average Bonchev–Trinajstić information content (AvgIpc) is 3.34. The van der Waals surface area contributed by atoms with Gasteiger partial charge < -0.3 is 15.5 Å². The predicted octanol–water partition coefficient (Wildman–Crippen LogP) is 4.21. The summed E-state index contributed by atoms with van der Waals surface area (Å²) in [6.07, 6.45) is 1.75. The molecular formula is C27H33N5O2. The number of anilines is 1. The van der Waals surface area contributed by atoms with Gasteiger partial charge in [0.05, 0.1) is 12.2 Å². The molecule has 0 saturated carbocycles. The van der Waals surface area contributed by atoms with Gasteiger partial charge in [0.25, 0.3) is 5.91 Å². The Labute approximate surface area is 200 Å². The first-order valence-electron chi connectivity index (χ1n) is 11.8. The zero-order chi connectivity index (χ0) is 24.1. The normalized spacial score (nSPS) is 14.6. The molecule has 1 aliphatic rings. The highest BCUT2D eigenvalue weighted by Gasteiger charge is 2.25. The van der Waals surface area contributed by atoms with Crippen LogP contribution in [0.2, 0.25) is 0 Å². The Kier molecular flexibility index (Phi) is 7.01.